The van der Waals surface area contributed by atoms with Gasteiger partial charge in [0.1, 0.15) is 0 Å². The van der Waals surface area contributed by atoms with Crippen molar-refractivity contribution in [1.82, 2.24) is 10.3 Å². The van der Waals surface area contributed by atoms with Crippen molar-refractivity contribution in [2.45, 2.75) is 12.2 Å². The number of hydrogen-bond donors (Lipinski definition) is 2. The maximum Gasteiger partial charge on any atom is 0.414 e. The lowest BCUT2D eigenvalue weighted by molar-refractivity contribution is -0.162. The third kappa shape index (κ3) is 2.87. The normalized spacial score (nSPS) is 13.3. The molecule has 0 spiro atoms. The molecule has 0 saturated carbocycles. The number of carbonyl (C=O) groups excluding carboxylic acids is 1. The van der Waals surface area contributed by atoms with Gasteiger partial charge in [-0.05, 0) is 18.2 Å². The van der Waals surface area contributed by atoms with Crippen molar-refractivity contribution >= 4 is 5.91 Å². The van der Waals surface area contributed by atoms with Gasteiger partial charge >= 0.3 is 6.18 Å². The van der Waals surface area contributed by atoms with Crippen molar-refractivity contribution in [2.75, 3.05) is 0 Å². The van der Waals surface area contributed by atoms with Gasteiger partial charge in [0.2, 0.25) is 5.91 Å². The lowest BCUT2D eigenvalue weighted by atomic mass is 10.2. The second-order valence-corrected chi connectivity index (χ2v) is 2.81. The van der Waals surface area contributed by atoms with Crippen LogP contribution in [0.4, 0.5) is 13.2 Å². The van der Waals surface area contributed by atoms with Crippen LogP contribution >= 0.6 is 0 Å². The number of nitrogens with one attached hydrogen (secondary N) is 2. The van der Waals surface area contributed by atoms with E-state index < -0.39 is 18.1 Å². The van der Waals surface area contributed by atoms with Crippen molar-refractivity contribution < 1.29 is 18.0 Å². The molecular weight excluding hydrogens is 209 g/mol. The molecule has 0 fully saturated rings. The largest absolute Gasteiger partial charge is 0.414 e. The van der Waals surface area contributed by atoms with Crippen LogP contribution < -0.4 is 5.32 Å². The van der Waals surface area contributed by atoms with Crippen molar-refractivity contribution in [1.29, 1.82) is 0 Å². The van der Waals surface area contributed by atoms with Gasteiger partial charge in [-0.15, -0.1) is 0 Å². The monoisotopic (exact) mass is 218 g/mol. The minimum atomic E-state index is -4.54. The lowest BCUT2D eigenvalue weighted by Crippen LogP contribution is -2.37. The Morgan fingerprint density at radius 2 is 2.27 bits per heavy atom. The van der Waals surface area contributed by atoms with Gasteiger partial charge in [0.15, 0.2) is 6.04 Å². The van der Waals surface area contributed by atoms with E-state index in [1.54, 1.807) is 5.32 Å². The van der Waals surface area contributed by atoms with Crippen molar-refractivity contribution in [3.05, 3.63) is 36.7 Å². The average Bonchev–Trinajstić information content (AvgIpc) is 2.64. The third-order valence-electron chi connectivity index (χ3n) is 1.73. The number of aromatic amines is 1. The van der Waals surface area contributed by atoms with E-state index in [9.17, 15) is 18.0 Å². The van der Waals surface area contributed by atoms with Gasteiger partial charge in [0.25, 0.3) is 0 Å². The van der Waals surface area contributed by atoms with Gasteiger partial charge in [-0.3, -0.25) is 4.79 Å². The van der Waals surface area contributed by atoms with Crippen LogP contribution in [0.5, 0.6) is 0 Å². The summed E-state index contributed by atoms with van der Waals surface area (Å²) in [5.74, 6) is -0.869. The van der Waals surface area contributed by atoms with Crippen LogP contribution in [-0.2, 0) is 4.79 Å². The summed E-state index contributed by atoms with van der Waals surface area (Å²) in [6.07, 6.45) is -2.39. The van der Waals surface area contributed by atoms with E-state index in [1.807, 2.05) is 0 Å². The summed E-state index contributed by atoms with van der Waals surface area (Å²) in [6, 6.07) is 0.647. The summed E-state index contributed by atoms with van der Waals surface area (Å²) in [6.45, 7) is 3.09. The van der Waals surface area contributed by atoms with E-state index in [4.69, 9.17) is 0 Å². The fourth-order valence-electron chi connectivity index (χ4n) is 1.06. The summed E-state index contributed by atoms with van der Waals surface area (Å²) in [5, 5.41) is 1.80. The molecule has 1 rings (SSSR count). The number of H-pyrrole nitrogens is 1. The average molecular weight is 218 g/mol. The van der Waals surface area contributed by atoms with Crippen LogP contribution in [0.1, 0.15) is 11.7 Å². The zero-order chi connectivity index (χ0) is 11.5. The molecular formula is C9H9F3N2O. The maximum absolute atomic E-state index is 12.5. The summed E-state index contributed by atoms with van der Waals surface area (Å²) in [7, 11) is 0. The summed E-state index contributed by atoms with van der Waals surface area (Å²) >= 11 is 0. The predicted octanol–water partition coefficient (Wildman–Crippen LogP) is 1.92. The Bertz CT molecular complexity index is 343. The Morgan fingerprint density at radius 1 is 1.60 bits per heavy atom. The molecule has 1 atom stereocenters. The predicted molar refractivity (Wildman–Crippen MR) is 47.9 cm³/mol. The van der Waals surface area contributed by atoms with E-state index >= 15 is 0 Å². The standard InChI is InChI=1S/C9H9F3N2O/c1-2-7(15)14-8(9(10,11)12)6-4-3-5-13-6/h2-5,8,13H,1H2,(H,14,15). The molecule has 0 aliphatic heterocycles. The maximum atomic E-state index is 12.5. The van der Waals surface area contributed by atoms with Crippen LogP contribution in [-0.4, -0.2) is 17.1 Å². The smallest absolute Gasteiger partial charge is 0.363 e. The highest BCUT2D eigenvalue weighted by molar-refractivity contribution is 5.87. The summed E-state index contributed by atoms with van der Waals surface area (Å²) in [5.41, 5.74) is -0.113. The number of hydrogen-bond acceptors (Lipinski definition) is 1. The highest BCUT2D eigenvalue weighted by Gasteiger charge is 2.42. The Hall–Kier alpha value is -1.72. The van der Waals surface area contributed by atoms with E-state index in [0.717, 1.165) is 6.08 Å². The molecule has 2 N–H and O–H groups in total. The minimum Gasteiger partial charge on any atom is -0.363 e. The van der Waals surface area contributed by atoms with Gasteiger partial charge in [-0.2, -0.15) is 13.2 Å². The minimum absolute atomic E-state index is 0.113. The molecule has 0 bridgehead atoms. The second kappa shape index (κ2) is 4.20. The molecule has 1 aromatic rings. The van der Waals surface area contributed by atoms with Gasteiger partial charge < -0.3 is 10.3 Å². The number of amides is 1. The highest BCUT2D eigenvalue weighted by atomic mass is 19.4. The van der Waals surface area contributed by atoms with E-state index in [0.29, 0.717) is 0 Å². The Kier molecular flexibility index (Phi) is 3.18. The Balaban J connectivity index is 2.89. The number of rotatable bonds is 3. The van der Waals surface area contributed by atoms with Gasteiger partial charge in [0.05, 0.1) is 0 Å². The highest BCUT2D eigenvalue weighted by Crippen LogP contribution is 2.31. The molecule has 6 heteroatoms. The van der Waals surface area contributed by atoms with Gasteiger partial charge in [0, 0.05) is 11.9 Å². The SMILES string of the molecule is C=CC(=O)NC(c1ccc[nH]1)C(F)(F)F. The zero-order valence-electron chi connectivity index (χ0n) is 7.64. The van der Waals surface area contributed by atoms with Crippen LogP contribution in [0.3, 0.4) is 0 Å². The molecule has 0 aliphatic rings. The first kappa shape index (κ1) is 11.4. The van der Waals surface area contributed by atoms with Crippen LogP contribution in [0.2, 0.25) is 0 Å². The first-order chi connectivity index (χ1) is 6.95. The topological polar surface area (TPSA) is 44.9 Å². The summed E-state index contributed by atoms with van der Waals surface area (Å²) < 4.78 is 37.5. The second-order valence-electron chi connectivity index (χ2n) is 2.81. The van der Waals surface area contributed by atoms with Crippen molar-refractivity contribution in [2.24, 2.45) is 0 Å². The Labute approximate surface area is 84.0 Å². The number of aromatic nitrogens is 1. The molecule has 0 saturated heterocycles. The number of carbonyl (C=O) groups is 1. The van der Waals surface area contributed by atoms with Crippen LogP contribution in [0.15, 0.2) is 31.0 Å². The van der Waals surface area contributed by atoms with E-state index in [-0.39, 0.29) is 5.69 Å². The molecule has 0 aromatic carbocycles. The number of halogens is 3. The molecule has 0 aliphatic carbocycles. The Morgan fingerprint density at radius 3 is 2.67 bits per heavy atom. The molecule has 0 radical (unpaired) electrons. The molecule has 1 heterocycles. The molecule has 1 amide bonds. The molecule has 3 nitrogen and oxygen atoms in total. The zero-order valence-corrected chi connectivity index (χ0v) is 7.64. The van der Waals surface area contributed by atoms with Gasteiger partial charge in [-0.25, -0.2) is 0 Å². The third-order valence-corrected chi connectivity index (χ3v) is 1.73. The van der Waals surface area contributed by atoms with Crippen LogP contribution in [0.25, 0.3) is 0 Å². The van der Waals surface area contributed by atoms with E-state index in [2.05, 4.69) is 11.6 Å². The molecule has 82 valence electrons. The number of alkyl halides is 3. The van der Waals surface area contributed by atoms with Crippen molar-refractivity contribution in [3.63, 3.8) is 0 Å². The van der Waals surface area contributed by atoms with Gasteiger partial charge in [-0.1, -0.05) is 6.58 Å². The van der Waals surface area contributed by atoms with E-state index in [1.165, 1.54) is 18.3 Å². The quantitative estimate of drug-likeness (QED) is 0.748. The summed E-state index contributed by atoms with van der Waals surface area (Å²) in [4.78, 5) is 13.2. The molecule has 15 heavy (non-hydrogen) atoms. The lowest BCUT2D eigenvalue weighted by Gasteiger charge is -2.19. The first-order valence-electron chi connectivity index (χ1n) is 4.08. The fraction of sp³-hybridized carbons (Fsp3) is 0.222. The van der Waals surface area contributed by atoms with Crippen molar-refractivity contribution in [3.8, 4) is 0 Å². The molecule has 1 aromatic heterocycles. The first-order valence-corrected chi connectivity index (χ1v) is 4.08. The molecule has 1 unspecified atom stereocenters. The fourth-order valence-corrected chi connectivity index (χ4v) is 1.06. The van der Waals surface area contributed by atoms with Crippen LogP contribution in [0, 0.1) is 0 Å².